The summed E-state index contributed by atoms with van der Waals surface area (Å²) in [6.45, 7) is 11.2. The quantitative estimate of drug-likeness (QED) is 0.345. The van der Waals surface area contributed by atoms with Crippen molar-refractivity contribution in [1.82, 2.24) is 4.90 Å². The minimum atomic E-state index is 0.350. The molecule has 0 aromatic carbocycles. The third-order valence-corrected chi connectivity index (χ3v) is 4.75. The van der Waals surface area contributed by atoms with E-state index in [2.05, 4.69) is 52.6 Å². The van der Waals surface area contributed by atoms with Crippen LogP contribution in [-0.2, 0) is 0 Å². The molecule has 0 heterocycles. The van der Waals surface area contributed by atoms with Gasteiger partial charge in [0.2, 0.25) is 0 Å². The van der Waals surface area contributed by atoms with Gasteiger partial charge in [0, 0.05) is 6.04 Å². The van der Waals surface area contributed by atoms with Gasteiger partial charge in [-0.2, -0.15) is 12.6 Å². The van der Waals surface area contributed by atoms with Crippen molar-refractivity contribution in [3.8, 4) is 0 Å². The van der Waals surface area contributed by atoms with Gasteiger partial charge in [0.05, 0.1) is 5.37 Å². The van der Waals surface area contributed by atoms with E-state index in [-0.39, 0.29) is 0 Å². The van der Waals surface area contributed by atoms with Gasteiger partial charge in [-0.1, -0.05) is 38.8 Å². The van der Waals surface area contributed by atoms with Gasteiger partial charge < -0.3 is 0 Å². The van der Waals surface area contributed by atoms with Crippen LogP contribution in [0.5, 0.6) is 0 Å². The van der Waals surface area contributed by atoms with E-state index in [1.54, 1.807) is 0 Å². The maximum atomic E-state index is 4.76. The molecule has 0 radical (unpaired) electrons. The molecule has 3 atom stereocenters. The number of hydrogen-bond donors (Lipinski definition) is 1. The molecule has 0 rings (SSSR count). The van der Waals surface area contributed by atoms with E-state index in [1.807, 2.05) is 0 Å². The number of thiol groups is 1. The molecular weight excluding hydrogens is 238 g/mol. The normalized spacial score (nSPS) is 17.9. The molecule has 18 heavy (non-hydrogen) atoms. The van der Waals surface area contributed by atoms with Crippen LogP contribution in [0.3, 0.4) is 0 Å². The van der Waals surface area contributed by atoms with E-state index >= 15 is 0 Å². The summed E-state index contributed by atoms with van der Waals surface area (Å²) in [6, 6.07) is 0.672. The van der Waals surface area contributed by atoms with E-state index in [4.69, 9.17) is 12.6 Å². The molecule has 0 saturated carbocycles. The Balaban J connectivity index is 4.27. The molecule has 0 N–H and O–H groups in total. The summed E-state index contributed by atoms with van der Waals surface area (Å²) < 4.78 is 0. The van der Waals surface area contributed by atoms with Gasteiger partial charge in [0.1, 0.15) is 0 Å². The molecule has 0 saturated heterocycles. The fourth-order valence-electron chi connectivity index (χ4n) is 2.17. The standard InChI is InChI=1S/C16H33NS/c1-7-13(4)10-11-15(9-3)17(6)16(18)12-14(5)8-2/h8,13,15-16,18H,7,9-12H2,1-6H3/b14-8+. The first kappa shape index (κ1) is 18.0. The second-order valence-electron chi connectivity index (χ2n) is 5.64. The highest BCUT2D eigenvalue weighted by atomic mass is 32.1. The lowest BCUT2D eigenvalue weighted by atomic mass is 9.97. The predicted molar refractivity (Wildman–Crippen MR) is 87.4 cm³/mol. The van der Waals surface area contributed by atoms with E-state index < -0.39 is 0 Å². The maximum Gasteiger partial charge on any atom is 0.0564 e. The van der Waals surface area contributed by atoms with Crippen molar-refractivity contribution in [1.29, 1.82) is 0 Å². The van der Waals surface area contributed by atoms with Crippen LogP contribution in [0.4, 0.5) is 0 Å². The molecule has 0 aromatic heterocycles. The van der Waals surface area contributed by atoms with Crippen LogP contribution in [0, 0.1) is 5.92 Å². The second kappa shape index (κ2) is 9.91. The zero-order chi connectivity index (χ0) is 14.1. The molecule has 0 bridgehead atoms. The lowest BCUT2D eigenvalue weighted by molar-refractivity contribution is 0.199. The highest BCUT2D eigenvalue weighted by Crippen LogP contribution is 2.22. The summed E-state index contributed by atoms with van der Waals surface area (Å²) >= 11 is 4.76. The van der Waals surface area contributed by atoms with Crippen molar-refractivity contribution >= 4 is 12.6 Å². The first-order chi connectivity index (χ1) is 8.46. The topological polar surface area (TPSA) is 3.24 Å². The third-order valence-electron chi connectivity index (χ3n) is 4.20. The van der Waals surface area contributed by atoms with Crippen LogP contribution in [0.15, 0.2) is 11.6 Å². The zero-order valence-corrected chi connectivity index (χ0v) is 14.1. The fraction of sp³-hybridized carbons (Fsp3) is 0.875. The van der Waals surface area contributed by atoms with Crippen LogP contribution in [0.2, 0.25) is 0 Å². The summed E-state index contributed by atoms with van der Waals surface area (Å²) in [7, 11) is 2.23. The summed E-state index contributed by atoms with van der Waals surface area (Å²) in [6.07, 6.45) is 8.41. The number of nitrogens with zero attached hydrogens (tertiary/aromatic N) is 1. The number of allylic oxidation sites excluding steroid dienone is 1. The molecule has 3 unspecified atom stereocenters. The van der Waals surface area contributed by atoms with Gasteiger partial charge >= 0.3 is 0 Å². The highest BCUT2D eigenvalue weighted by Gasteiger charge is 2.19. The summed E-state index contributed by atoms with van der Waals surface area (Å²) in [5.41, 5.74) is 1.43. The lowest BCUT2D eigenvalue weighted by Gasteiger charge is -2.33. The Kier molecular flexibility index (Phi) is 9.94. The van der Waals surface area contributed by atoms with Crippen LogP contribution < -0.4 is 0 Å². The number of hydrogen-bond acceptors (Lipinski definition) is 2. The average Bonchev–Trinajstić information content (AvgIpc) is 2.38. The molecule has 0 aliphatic rings. The van der Waals surface area contributed by atoms with Gasteiger partial charge in [-0.25, -0.2) is 0 Å². The minimum Gasteiger partial charge on any atom is -0.292 e. The van der Waals surface area contributed by atoms with Crippen LogP contribution in [0.1, 0.15) is 66.7 Å². The Hall–Kier alpha value is 0.0500. The van der Waals surface area contributed by atoms with Crippen molar-refractivity contribution in [2.45, 2.75) is 78.1 Å². The summed E-state index contributed by atoms with van der Waals surface area (Å²) in [4.78, 5) is 2.46. The van der Waals surface area contributed by atoms with E-state index in [0.717, 1.165) is 12.3 Å². The zero-order valence-electron chi connectivity index (χ0n) is 13.2. The van der Waals surface area contributed by atoms with Crippen molar-refractivity contribution in [2.75, 3.05) is 7.05 Å². The average molecular weight is 272 g/mol. The van der Waals surface area contributed by atoms with Gasteiger partial charge in [-0.05, 0) is 52.5 Å². The third kappa shape index (κ3) is 6.84. The summed E-state index contributed by atoms with van der Waals surface area (Å²) in [5, 5.41) is 0.350. The van der Waals surface area contributed by atoms with Crippen LogP contribution in [0.25, 0.3) is 0 Å². The largest absolute Gasteiger partial charge is 0.292 e. The van der Waals surface area contributed by atoms with E-state index in [0.29, 0.717) is 11.4 Å². The lowest BCUT2D eigenvalue weighted by Crippen LogP contribution is -2.37. The second-order valence-corrected chi connectivity index (χ2v) is 6.23. The van der Waals surface area contributed by atoms with E-state index in [9.17, 15) is 0 Å². The predicted octanol–water partition coefficient (Wildman–Crippen LogP) is 5.14. The van der Waals surface area contributed by atoms with Gasteiger partial charge in [-0.3, -0.25) is 4.90 Å². The van der Waals surface area contributed by atoms with Gasteiger partial charge in [0.25, 0.3) is 0 Å². The van der Waals surface area contributed by atoms with Crippen molar-refractivity contribution in [3.05, 3.63) is 11.6 Å². The molecule has 0 spiro atoms. The molecule has 0 aliphatic heterocycles. The Morgan fingerprint density at radius 1 is 1.22 bits per heavy atom. The van der Waals surface area contributed by atoms with Gasteiger partial charge in [-0.15, -0.1) is 0 Å². The summed E-state index contributed by atoms with van der Waals surface area (Å²) in [5.74, 6) is 0.850. The Morgan fingerprint density at radius 2 is 1.83 bits per heavy atom. The van der Waals surface area contributed by atoms with Crippen LogP contribution >= 0.6 is 12.6 Å². The van der Waals surface area contributed by atoms with Crippen molar-refractivity contribution in [2.24, 2.45) is 5.92 Å². The molecule has 1 nitrogen and oxygen atoms in total. The first-order valence-electron chi connectivity index (χ1n) is 7.47. The van der Waals surface area contributed by atoms with Crippen LogP contribution in [-0.4, -0.2) is 23.4 Å². The Morgan fingerprint density at radius 3 is 2.28 bits per heavy atom. The first-order valence-corrected chi connectivity index (χ1v) is 7.99. The highest BCUT2D eigenvalue weighted by molar-refractivity contribution is 7.80. The fourth-order valence-corrected chi connectivity index (χ4v) is 2.65. The van der Waals surface area contributed by atoms with Gasteiger partial charge in [0.15, 0.2) is 0 Å². The monoisotopic (exact) mass is 271 g/mol. The molecular formula is C16H33NS. The number of rotatable bonds is 9. The molecule has 0 aromatic rings. The molecule has 0 aliphatic carbocycles. The SMILES string of the molecule is C/C=C(\C)CC(S)N(C)C(CC)CCC(C)CC. The smallest absolute Gasteiger partial charge is 0.0564 e. The molecule has 108 valence electrons. The van der Waals surface area contributed by atoms with Crippen molar-refractivity contribution in [3.63, 3.8) is 0 Å². The Labute approximate surface area is 120 Å². The molecule has 2 heteroatoms. The maximum absolute atomic E-state index is 4.76. The molecule has 0 amide bonds. The molecule has 0 fully saturated rings. The van der Waals surface area contributed by atoms with Crippen molar-refractivity contribution < 1.29 is 0 Å². The van der Waals surface area contributed by atoms with E-state index in [1.165, 1.54) is 31.3 Å². The Bertz CT molecular complexity index is 237. The minimum absolute atomic E-state index is 0.350.